The van der Waals surface area contributed by atoms with E-state index in [2.05, 4.69) is 30.5 Å². The van der Waals surface area contributed by atoms with E-state index in [0.29, 0.717) is 0 Å². The third-order valence-electron chi connectivity index (χ3n) is 2.38. The van der Waals surface area contributed by atoms with Crippen molar-refractivity contribution < 1.29 is 0 Å². The molecule has 0 saturated carbocycles. The van der Waals surface area contributed by atoms with Crippen molar-refractivity contribution in [1.29, 1.82) is 0 Å². The van der Waals surface area contributed by atoms with Gasteiger partial charge in [0, 0.05) is 13.0 Å². The fourth-order valence-electron chi connectivity index (χ4n) is 1.58. The lowest BCUT2D eigenvalue weighted by molar-refractivity contribution is 0.898. The topological polar surface area (TPSA) is 79.4 Å². The van der Waals surface area contributed by atoms with Crippen LogP contribution in [0, 0.1) is 0 Å². The van der Waals surface area contributed by atoms with Crippen LogP contribution in [0.3, 0.4) is 0 Å². The third-order valence-corrected chi connectivity index (χ3v) is 3.20. The molecular weight excluding hydrogens is 236 g/mol. The molecule has 17 heavy (non-hydrogen) atoms. The number of thiophene rings is 1. The molecule has 7 heteroatoms. The molecule has 3 rings (SSSR count). The second-order valence-electron chi connectivity index (χ2n) is 3.47. The zero-order chi connectivity index (χ0) is 11.5. The van der Waals surface area contributed by atoms with Crippen molar-refractivity contribution >= 4 is 27.4 Å². The van der Waals surface area contributed by atoms with Gasteiger partial charge in [0.25, 0.3) is 0 Å². The number of H-pyrrole nitrogens is 1. The molecule has 2 N–H and O–H groups in total. The highest BCUT2D eigenvalue weighted by atomic mass is 32.1. The van der Waals surface area contributed by atoms with Crippen molar-refractivity contribution in [1.82, 2.24) is 25.1 Å². The van der Waals surface area contributed by atoms with E-state index in [0.717, 1.165) is 34.8 Å². The van der Waals surface area contributed by atoms with Gasteiger partial charge in [0.15, 0.2) is 0 Å². The van der Waals surface area contributed by atoms with Crippen LogP contribution in [0.2, 0.25) is 0 Å². The van der Waals surface area contributed by atoms with Crippen LogP contribution >= 0.6 is 11.3 Å². The fourth-order valence-corrected chi connectivity index (χ4v) is 2.31. The Bertz CT molecular complexity index is 602. The van der Waals surface area contributed by atoms with E-state index in [-0.39, 0.29) is 0 Å². The van der Waals surface area contributed by atoms with Gasteiger partial charge in [0.05, 0.1) is 5.39 Å². The average Bonchev–Trinajstić information content (AvgIpc) is 2.99. The zero-order valence-corrected chi connectivity index (χ0v) is 9.74. The highest BCUT2D eigenvalue weighted by Gasteiger charge is 2.04. The van der Waals surface area contributed by atoms with Gasteiger partial charge in [-0.3, -0.25) is 5.10 Å². The molecule has 3 aromatic heterocycles. The summed E-state index contributed by atoms with van der Waals surface area (Å²) in [6.45, 7) is 0.761. The molecule has 6 nitrogen and oxygen atoms in total. The molecule has 0 aliphatic heterocycles. The number of aromatic amines is 1. The second-order valence-corrected chi connectivity index (χ2v) is 4.37. The predicted octanol–water partition coefficient (Wildman–Crippen LogP) is 1.46. The van der Waals surface area contributed by atoms with E-state index in [1.807, 2.05) is 11.4 Å². The van der Waals surface area contributed by atoms with Gasteiger partial charge in [-0.25, -0.2) is 15.0 Å². The smallest absolute Gasteiger partial charge is 0.138 e. The van der Waals surface area contributed by atoms with Crippen LogP contribution < -0.4 is 5.32 Å². The van der Waals surface area contributed by atoms with Crippen LogP contribution in [-0.2, 0) is 6.42 Å². The van der Waals surface area contributed by atoms with E-state index in [9.17, 15) is 0 Å². The highest BCUT2D eigenvalue weighted by molar-refractivity contribution is 7.16. The minimum Gasteiger partial charge on any atom is -0.369 e. The van der Waals surface area contributed by atoms with Crippen LogP contribution in [0.15, 0.2) is 24.1 Å². The van der Waals surface area contributed by atoms with Gasteiger partial charge in [-0.1, -0.05) is 0 Å². The molecule has 0 saturated heterocycles. The summed E-state index contributed by atoms with van der Waals surface area (Å²) < 4.78 is 0. The van der Waals surface area contributed by atoms with Gasteiger partial charge in [-0.15, -0.1) is 11.3 Å². The Kier molecular flexibility index (Phi) is 2.66. The molecule has 86 valence electrons. The highest BCUT2D eigenvalue weighted by Crippen LogP contribution is 2.23. The standard InChI is InChI=1S/C10H10N6S/c1(8-12-6-15-16-8)3-11-9-7-2-4-17-10(7)14-5-13-9/h2,4-6H,1,3H2,(H,11,13,14)(H,12,15,16). The Balaban J connectivity index is 1.70. The summed E-state index contributed by atoms with van der Waals surface area (Å²) in [6, 6.07) is 2.02. The third kappa shape index (κ3) is 2.09. The van der Waals surface area contributed by atoms with Crippen LogP contribution in [0.5, 0.6) is 0 Å². The lowest BCUT2D eigenvalue weighted by atomic mass is 10.3. The van der Waals surface area contributed by atoms with Gasteiger partial charge in [-0.05, 0) is 11.4 Å². The largest absolute Gasteiger partial charge is 0.369 e. The van der Waals surface area contributed by atoms with Crippen molar-refractivity contribution in [3.63, 3.8) is 0 Å². The molecule has 0 amide bonds. The first kappa shape index (κ1) is 10.2. The Hall–Kier alpha value is -2.02. The predicted molar refractivity (Wildman–Crippen MR) is 66.0 cm³/mol. The van der Waals surface area contributed by atoms with E-state index < -0.39 is 0 Å². The fraction of sp³-hybridized carbons (Fsp3) is 0.200. The minimum atomic E-state index is 0.761. The summed E-state index contributed by atoms with van der Waals surface area (Å²) in [6.07, 6.45) is 3.88. The maximum Gasteiger partial charge on any atom is 0.138 e. The summed E-state index contributed by atoms with van der Waals surface area (Å²) in [7, 11) is 0. The Morgan fingerprint density at radius 2 is 2.24 bits per heavy atom. The molecular formula is C10H10N6S. The second kappa shape index (κ2) is 4.46. The monoisotopic (exact) mass is 246 g/mol. The Labute approximate surface area is 101 Å². The summed E-state index contributed by atoms with van der Waals surface area (Å²) in [5, 5.41) is 13.0. The van der Waals surface area contributed by atoms with Crippen LogP contribution in [0.4, 0.5) is 5.82 Å². The maximum absolute atomic E-state index is 4.24. The Morgan fingerprint density at radius 1 is 1.24 bits per heavy atom. The minimum absolute atomic E-state index is 0.761. The molecule has 0 unspecified atom stereocenters. The molecule has 0 spiro atoms. The first-order valence-corrected chi connectivity index (χ1v) is 6.08. The summed E-state index contributed by atoms with van der Waals surface area (Å²) in [4.78, 5) is 13.5. The number of rotatable bonds is 4. The van der Waals surface area contributed by atoms with Crippen LogP contribution in [0.1, 0.15) is 5.82 Å². The van der Waals surface area contributed by atoms with E-state index in [1.165, 1.54) is 6.33 Å². The number of fused-ring (bicyclic) bond motifs is 1. The van der Waals surface area contributed by atoms with Crippen molar-refractivity contribution in [3.05, 3.63) is 29.9 Å². The van der Waals surface area contributed by atoms with Crippen molar-refractivity contribution in [2.24, 2.45) is 0 Å². The van der Waals surface area contributed by atoms with E-state index in [1.54, 1.807) is 17.7 Å². The summed E-state index contributed by atoms with van der Waals surface area (Å²) in [5.74, 6) is 1.74. The van der Waals surface area contributed by atoms with Crippen molar-refractivity contribution in [3.8, 4) is 0 Å². The number of nitrogens with zero attached hydrogens (tertiary/aromatic N) is 4. The average molecular weight is 246 g/mol. The van der Waals surface area contributed by atoms with Gasteiger partial charge in [-0.2, -0.15) is 5.10 Å². The van der Waals surface area contributed by atoms with Crippen LogP contribution in [0.25, 0.3) is 10.2 Å². The molecule has 0 aliphatic rings. The lowest BCUT2D eigenvalue weighted by Gasteiger charge is -2.04. The maximum atomic E-state index is 4.24. The molecule has 3 heterocycles. The van der Waals surface area contributed by atoms with Gasteiger partial charge >= 0.3 is 0 Å². The number of hydrogen-bond acceptors (Lipinski definition) is 6. The van der Waals surface area contributed by atoms with E-state index >= 15 is 0 Å². The number of aromatic nitrogens is 5. The SMILES string of the molecule is c1n[nH]c(CCNc2ncnc3sccc23)n1. The number of nitrogens with one attached hydrogen (secondary N) is 2. The Morgan fingerprint density at radius 3 is 3.12 bits per heavy atom. The molecule has 0 fully saturated rings. The number of anilines is 1. The first-order valence-electron chi connectivity index (χ1n) is 5.20. The van der Waals surface area contributed by atoms with E-state index in [4.69, 9.17) is 0 Å². The first-order chi connectivity index (χ1) is 8.43. The molecule has 0 atom stereocenters. The molecule has 0 radical (unpaired) electrons. The van der Waals surface area contributed by atoms with Crippen molar-refractivity contribution in [2.75, 3.05) is 11.9 Å². The molecule has 0 aromatic carbocycles. The summed E-state index contributed by atoms with van der Waals surface area (Å²) in [5.41, 5.74) is 0. The van der Waals surface area contributed by atoms with Crippen molar-refractivity contribution in [2.45, 2.75) is 6.42 Å². The molecule has 0 aliphatic carbocycles. The van der Waals surface area contributed by atoms with Crippen LogP contribution in [-0.4, -0.2) is 31.7 Å². The zero-order valence-electron chi connectivity index (χ0n) is 8.92. The van der Waals surface area contributed by atoms with Gasteiger partial charge in [0.2, 0.25) is 0 Å². The van der Waals surface area contributed by atoms with Gasteiger partial charge < -0.3 is 5.32 Å². The number of hydrogen-bond donors (Lipinski definition) is 2. The quantitative estimate of drug-likeness (QED) is 0.728. The summed E-state index contributed by atoms with van der Waals surface area (Å²) >= 11 is 1.61. The van der Waals surface area contributed by atoms with Gasteiger partial charge in [0.1, 0.15) is 29.1 Å². The normalized spacial score (nSPS) is 10.8. The lowest BCUT2D eigenvalue weighted by Crippen LogP contribution is -2.07. The molecule has 3 aromatic rings. The molecule has 0 bridgehead atoms.